The minimum absolute atomic E-state index is 0.511. The first-order valence-corrected chi connectivity index (χ1v) is 6.51. The van der Waals surface area contributed by atoms with Crippen molar-refractivity contribution in [2.45, 2.75) is 47.0 Å². The van der Waals surface area contributed by atoms with Gasteiger partial charge < -0.3 is 4.90 Å². The first-order valence-electron chi connectivity index (χ1n) is 6.51. The van der Waals surface area contributed by atoms with Crippen LogP contribution in [0.25, 0.3) is 0 Å². The second kappa shape index (κ2) is 3.48. The quantitative estimate of drug-likeness (QED) is 0.591. The fourth-order valence-corrected chi connectivity index (χ4v) is 4.35. The molecule has 2 unspecified atom stereocenters. The van der Waals surface area contributed by atoms with Gasteiger partial charge in [-0.3, -0.25) is 0 Å². The summed E-state index contributed by atoms with van der Waals surface area (Å²) in [5, 5.41) is 0. The molecule has 1 heteroatoms. The Labute approximate surface area is 95.2 Å². The Morgan fingerprint density at radius 1 is 1.20 bits per heavy atom. The molecule has 1 nitrogen and oxygen atoms in total. The maximum atomic E-state index is 2.48. The average molecular weight is 209 g/mol. The predicted molar refractivity (Wildman–Crippen MR) is 65.9 cm³/mol. The zero-order valence-electron chi connectivity index (χ0n) is 11.1. The van der Waals surface area contributed by atoms with Crippen molar-refractivity contribution >= 4 is 0 Å². The van der Waals surface area contributed by atoms with E-state index in [0.29, 0.717) is 5.41 Å². The van der Waals surface area contributed by atoms with Crippen molar-refractivity contribution in [3.8, 4) is 0 Å². The first-order chi connectivity index (χ1) is 6.82. The van der Waals surface area contributed by atoms with Gasteiger partial charge in [0, 0.05) is 13.1 Å². The standard InChI is InChI=1S/C14H27N/c1-11-8-14(9-15(5)10-14)7-6-12(11)13(2,3)4/h11-12H,6-10H2,1-5H3. The van der Waals surface area contributed by atoms with Crippen LogP contribution in [-0.4, -0.2) is 25.0 Å². The molecule has 2 atom stereocenters. The molecule has 1 aliphatic heterocycles. The van der Waals surface area contributed by atoms with Gasteiger partial charge in [-0.05, 0) is 49.0 Å². The Hall–Kier alpha value is -0.0400. The van der Waals surface area contributed by atoms with Crippen LogP contribution >= 0.6 is 0 Å². The van der Waals surface area contributed by atoms with Crippen LogP contribution in [0.5, 0.6) is 0 Å². The molecule has 88 valence electrons. The Morgan fingerprint density at radius 2 is 1.80 bits per heavy atom. The second-order valence-electron chi connectivity index (χ2n) is 7.36. The largest absolute Gasteiger partial charge is 0.305 e. The summed E-state index contributed by atoms with van der Waals surface area (Å²) in [5.74, 6) is 1.86. The second-order valence-corrected chi connectivity index (χ2v) is 7.36. The van der Waals surface area contributed by atoms with Crippen molar-refractivity contribution in [2.75, 3.05) is 20.1 Å². The first kappa shape index (κ1) is 11.4. The van der Waals surface area contributed by atoms with Crippen LogP contribution in [0.4, 0.5) is 0 Å². The molecule has 0 aromatic rings. The summed E-state index contributed by atoms with van der Waals surface area (Å²) in [6.07, 6.45) is 4.40. The molecule has 1 saturated carbocycles. The van der Waals surface area contributed by atoms with Gasteiger partial charge in [-0.2, -0.15) is 0 Å². The Morgan fingerprint density at radius 3 is 2.20 bits per heavy atom. The van der Waals surface area contributed by atoms with Crippen molar-refractivity contribution < 1.29 is 0 Å². The van der Waals surface area contributed by atoms with Crippen LogP contribution in [-0.2, 0) is 0 Å². The predicted octanol–water partition coefficient (Wildman–Crippen LogP) is 3.40. The number of hydrogen-bond donors (Lipinski definition) is 0. The number of rotatable bonds is 0. The molecule has 2 fully saturated rings. The third-order valence-electron chi connectivity index (χ3n) is 4.75. The van der Waals surface area contributed by atoms with Crippen LogP contribution in [0.3, 0.4) is 0 Å². The van der Waals surface area contributed by atoms with Crippen molar-refractivity contribution in [2.24, 2.45) is 22.7 Å². The lowest BCUT2D eigenvalue weighted by Gasteiger charge is -2.56. The van der Waals surface area contributed by atoms with Gasteiger partial charge in [0.15, 0.2) is 0 Å². The molecule has 0 aromatic heterocycles. The highest BCUT2D eigenvalue weighted by atomic mass is 15.2. The summed E-state index contributed by atoms with van der Waals surface area (Å²) in [6, 6.07) is 0. The molecular formula is C14H27N. The number of likely N-dealkylation sites (tertiary alicyclic amines) is 1. The minimum Gasteiger partial charge on any atom is -0.305 e. The normalized spacial score (nSPS) is 36.6. The lowest BCUT2D eigenvalue weighted by Crippen LogP contribution is -2.57. The number of nitrogens with zero attached hydrogens (tertiary/aromatic N) is 1. The van der Waals surface area contributed by atoms with Crippen molar-refractivity contribution in [3.63, 3.8) is 0 Å². The molecule has 0 bridgehead atoms. The summed E-state index contributed by atoms with van der Waals surface area (Å²) < 4.78 is 0. The smallest absolute Gasteiger partial charge is 0.00475 e. The fourth-order valence-electron chi connectivity index (χ4n) is 4.35. The van der Waals surface area contributed by atoms with Gasteiger partial charge in [0.25, 0.3) is 0 Å². The molecule has 0 radical (unpaired) electrons. The van der Waals surface area contributed by atoms with Gasteiger partial charge in [-0.1, -0.05) is 27.7 Å². The van der Waals surface area contributed by atoms with Crippen LogP contribution in [0.2, 0.25) is 0 Å². The minimum atomic E-state index is 0.511. The highest BCUT2D eigenvalue weighted by molar-refractivity contribution is 4.99. The van der Waals surface area contributed by atoms with Crippen molar-refractivity contribution in [1.82, 2.24) is 4.90 Å². The van der Waals surface area contributed by atoms with Gasteiger partial charge in [0.1, 0.15) is 0 Å². The van der Waals surface area contributed by atoms with E-state index in [1.54, 1.807) is 0 Å². The molecule has 1 spiro atoms. The van der Waals surface area contributed by atoms with E-state index in [-0.39, 0.29) is 0 Å². The van der Waals surface area contributed by atoms with Gasteiger partial charge in [0.05, 0.1) is 0 Å². The van der Waals surface area contributed by atoms with Crippen molar-refractivity contribution in [3.05, 3.63) is 0 Å². The van der Waals surface area contributed by atoms with Crippen LogP contribution in [0.15, 0.2) is 0 Å². The molecule has 2 aliphatic rings. The third-order valence-corrected chi connectivity index (χ3v) is 4.75. The molecule has 0 amide bonds. The Kier molecular flexibility index (Phi) is 2.65. The van der Waals surface area contributed by atoms with Crippen LogP contribution < -0.4 is 0 Å². The van der Waals surface area contributed by atoms with Gasteiger partial charge in [-0.15, -0.1) is 0 Å². The Balaban J connectivity index is 1.98. The lowest BCUT2D eigenvalue weighted by atomic mass is 9.57. The highest BCUT2D eigenvalue weighted by Gasteiger charge is 2.47. The SMILES string of the molecule is CC1CC2(CCC1C(C)(C)C)CN(C)C2. The summed E-state index contributed by atoms with van der Waals surface area (Å²) in [6.45, 7) is 12.4. The van der Waals surface area contributed by atoms with E-state index in [0.717, 1.165) is 17.3 Å². The van der Waals surface area contributed by atoms with E-state index in [2.05, 4.69) is 39.6 Å². The van der Waals surface area contributed by atoms with Crippen LogP contribution in [0.1, 0.15) is 47.0 Å². The molecule has 0 N–H and O–H groups in total. The van der Waals surface area contributed by atoms with E-state index in [1.165, 1.54) is 32.4 Å². The zero-order valence-corrected chi connectivity index (χ0v) is 11.1. The van der Waals surface area contributed by atoms with E-state index in [4.69, 9.17) is 0 Å². The maximum Gasteiger partial charge on any atom is 0.00475 e. The molecule has 1 aliphatic carbocycles. The van der Waals surface area contributed by atoms with Crippen molar-refractivity contribution in [1.29, 1.82) is 0 Å². The summed E-state index contributed by atoms with van der Waals surface area (Å²) in [4.78, 5) is 2.48. The topological polar surface area (TPSA) is 3.24 Å². The van der Waals surface area contributed by atoms with E-state index in [9.17, 15) is 0 Å². The molecule has 1 heterocycles. The fraction of sp³-hybridized carbons (Fsp3) is 1.00. The monoisotopic (exact) mass is 209 g/mol. The lowest BCUT2D eigenvalue weighted by molar-refractivity contribution is -0.0593. The third kappa shape index (κ3) is 2.08. The summed E-state index contributed by atoms with van der Waals surface area (Å²) >= 11 is 0. The zero-order chi connectivity index (χ0) is 11.3. The summed E-state index contributed by atoms with van der Waals surface area (Å²) in [7, 11) is 2.26. The highest BCUT2D eigenvalue weighted by Crippen LogP contribution is 2.51. The molecule has 1 saturated heterocycles. The van der Waals surface area contributed by atoms with Crippen LogP contribution in [0, 0.1) is 22.7 Å². The van der Waals surface area contributed by atoms with Gasteiger partial charge in [-0.25, -0.2) is 0 Å². The molecule has 15 heavy (non-hydrogen) atoms. The number of hydrogen-bond acceptors (Lipinski definition) is 1. The van der Waals surface area contributed by atoms with E-state index in [1.807, 2.05) is 0 Å². The van der Waals surface area contributed by atoms with E-state index >= 15 is 0 Å². The van der Waals surface area contributed by atoms with E-state index < -0.39 is 0 Å². The molecule has 2 rings (SSSR count). The molecule has 0 aromatic carbocycles. The molecular weight excluding hydrogens is 182 g/mol. The van der Waals surface area contributed by atoms with Gasteiger partial charge >= 0.3 is 0 Å². The average Bonchev–Trinajstić information content (AvgIpc) is 1.98. The Bertz CT molecular complexity index is 232. The maximum absolute atomic E-state index is 2.48. The van der Waals surface area contributed by atoms with Gasteiger partial charge in [0.2, 0.25) is 0 Å². The summed E-state index contributed by atoms with van der Waals surface area (Å²) in [5.41, 5.74) is 1.23.